The normalized spacial score (nSPS) is 15.7. The number of carbonyl (C=O) groups is 2. The fraction of sp³-hybridized carbons (Fsp3) is 0.150. The molecule has 0 radical (unpaired) electrons. The summed E-state index contributed by atoms with van der Waals surface area (Å²) in [7, 11) is 0. The van der Waals surface area contributed by atoms with Gasteiger partial charge >= 0.3 is 0 Å². The number of nitrogens with one attached hydrogen (secondary N) is 2. The van der Waals surface area contributed by atoms with Crippen LogP contribution in [-0.2, 0) is 4.79 Å². The predicted molar refractivity (Wildman–Crippen MR) is 107 cm³/mol. The molecular formula is C20H17FN4O2S. The van der Waals surface area contributed by atoms with E-state index in [-0.39, 0.29) is 17.1 Å². The minimum absolute atomic E-state index is 0.0860. The summed E-state index contributed by atoms with van der Waals surface area (Å²) in [4.78, 5) is 25.5. The smallest absolute Gasteiger partial charge is 0.255 e. The maximum atomic E-state index is 14.0. The average molecular weight is 396 g/mol. The molecule has 4 rings (SSSR count). The first kappa shape index (κ1) is 18.2. The van der Waals surface area contributed by atoms with E-state index in [2.05, 4.69) is 15.7 Å². The Hall–Kier alpha value is -3.13. The van der Waals surface area contributed by atoms with Crippen molar-refractivity contribution in [3.05, 3.63) is 65.7 Å². The lowest BCUT2D eigenvalue weighted by molar-refractivity contribution is -0.115. The Bertz CT molecular complexity index is 1100. The van der Waals surface area contributed by atoms with Gasteiger partial charge in [0, 0.05) is 10.5 Å². The number of nitrogens with zero attached hydrogens (tertiary/aromatic N) is 2. The van der Waals surface area contributed by atoms with Crippen molar-refractivity contribution in [2.75, 3.05) is 10.6 Å². The minimum atomic E-state index is -0.399. The van der Waals surface area contributed by atoms with Crippen LogP contribution in [0, 0.1) is 12.7 Å². The quantitative estimate of drug-likeness (QED) is 0.702. The summed E-state index contributed by atoms with van der Waals surface area (Å²) in [6, 6.07) is 11.5. The molecule has 28 heavy (non-hydrogen) atoms. The molecule has 1 atom stereocenters. The topological polar surface area (TPSA) is 76.0 Å². The molecule has 6 nitrogen and oxygen atoms in total. The zero-order valence-corrected chi connectivity index (χ0v) is 16.0. The summed E-state index contributed by atoms with van der Waals surface area (Å²) in [5.74, 6) is -0.822. The van der Waals surface area contributed by atoms with Gasteiger partial charge in [0.25, 0.3) is 5.91 Å². The van der Waals surface area contributed by atoms with Crippen LogP contribution < -0.4 is 10.6 Å². The second-order valence-electron chi connectivity index (χ2n) is 6.42. The Kier molecular flexibility index (Phi) is 4.64. The van der Waals surface area contributed by atoms with Gasteiger partial charge in [0.15, 0.2) is 0 Å². The first-order chi connectivity index (χ1) is 13.4. The van der Waals surface area contributed by atoms with Gasteiger partial charge in [0.05, 0.1) is 28.5 Å². The summed E-state index contributed by atoms with van der Waals surface area (Å²) >= 11 is 1.46. The third kappa shape index (κ3) is 3.27. The molecular weight excluding hydrogens is 379 g/mol. The highest BCUT2D eigenvalue weighted by molar-refractivity contribution is 8.00. The van der Waals surface area contributed by atoms with Crippen molar-refractivity contribution in [1.29, 1.82) is 0 Å². The maximum Gasteiger partial charge on any atom is 0.255 e. The van der Waals surface area contributed by atoms with E-state index in [0.717, 1.165) is 4.90 Å². The fourth-order valence-electron chi connectivity index (χ4n) is 2.94. The van der Waals surface area contributed by atoms with Gasteiger partial charge in [-0.3, -0.25) is 9.59 Å². The molecule has 0 aliphatic carbocycles. The van der Waals surface area contributed by atoms with E-state index >= 15 is 0 Å². The number of halogens is 1. The number of para-hydroxylation sites is 1. The lowest BCUT2D eigenvalue weighted by atomic mass is 10.1. The highest BCUT2D eigenvalue weighted by Crippen LogP contribution is 2.36. The molecule has 0 saturated heterocycles. The van der Waals surface area contributed by atoms with Crippen molar-refractivity contribution in [3.63, 3.8) is 0 Å². The number of carbonyl (C=O) groups excluding carboxylic acids is 2. The van der Waals surface area contributed by atoms with Gasteiger partial charge in [-0.1, -0.05) is 12.1 Å². The Labute approximate surface area is 165 Å². The van der Waals surface area contributed by atoms with Crippen LogP contribution in [0.15, 0.2) is 53.6 Å². The van der Waals surface area contributed by atoms with Crippen molar-refractivity contribution < 1.29 is 14.0 Å². The summed E-state index contributed by atoms with van der Waals surface area (Å²) in [6.07, 6.45) is 1.48. The van der Waals surface area contributed by atoms with Crippen molar-refractivity contribution >= 4 is 35.0 Å². The molecule has 2 aromatic carbocycles. The van der Waals surface area contributed by atoms with Crippen LogP contribution in [0.4, 0.5) is 15.8 Å². The number of rotatable bonds is 3. The second kappa shape index (κ2) is 7.12. The summed E-state index contributed by atoms with van der Waals surface area (Å²) in [6.45, 7) is 3.58. The third-order valence-electron chi connectivity index (χ3n) is 4.51. The van der Waals surface area contributed by atoms with Gasteiger partial charge in [-0.05, 0) is 44.2 Å². The molecule has 2 N–H and O–H groups in total. The standard InChI is InChI=1S/C20H17FN4O2S/c1-11-16(10-22-25(11)17-6-4-3-5-14(17)21)24-20(27)13-7-8-18-15(9-13)23-19(26)12(2)28-18/h3-10,12H,1-2H3,(H,23,26)(H,24,27)/t12-/m1/s1. The molecule has 0 saturated carbocycles. The van der Waals surface area contributed by atoms with Crippen LogP contribution >= 0.6 is 11.8 Å². The first-order valence-corrected chi connectivity index (χ1v) is 9.54. The summed E-state index contributed by atoms with van der Waals surface area (Å²) in [5.41, 5.74) is 2.43. The van der Waals surface area contributed by atoms with Crippen molar-refractivity contribution in [2.24, 2.45) is 0 Å². The van der Waals surface area contributed by atoms with Crippen LogP contribution in [0.3, 0.4) is 0 Å². The number of thioether (sulfide) groups is 1. The fourth-order valence-corrected chi connectivity index (χ4v) is 3.87. The average Bonchev–Trinajstić information content (AvgIpc) is 3.03. The van der Waals surface area contributed by atoms with Crippen LogP contribution in [0.5, 0.6) is 0 Å². The van der Waals surface area contributed by atoms with Crippen LogP contribution in [0.2, 0.25) is 0 Å². The molecule has 8 heteroatoms. The van der Waals surface area contributed by atoms with E-state index in [9.17, 15) is 14.0 Å². The molecule has 0 spiro atoms. The highest BCUT2D eigenvalue weighted by Gasteiger charge is 2.24. The van der Waals surface area contributed by atoms with Crippen LogP contribution in [-0.4, -0.2) is 26.8 Å². The minimum Gasteiger partial charge on any atom is -0.324 e. The van der Waals surface area contributed by atoms with E-state index < -0.39 is 5.82 Å². The van der Waals surface area contributed by atoms with E-state index in [0.29, 0.717) is 28.3 Å². The number of anilines is 2. The number of hydrogen-bond acceptors (Lipinski definition) is 4. The Balaban J connectivity index is 1.58. The maximum absolute atomic E-state index is 14.0. The van der Waals surface area contributed by atoms with E-state index in [1.807, 2.05) is 13.0 Å². The molecule has 1 aromatic heterocycles. The second-order valence-corrected chi connectivity index (χ2v) is 7.80. The Morgan fingerprint density at radius 3 is 2.86 bits per heavy atom. The van der Waals surface area contributed by atoms with Crippen LogP contribution in [0.1, 0.15) is 23.0 Å². The van der Waals surface area contributed by atoms with Crippen molar-refractivity contribution in [3.8, 4) is 5.69 Å². The largest absolute Gasteiger partial charge is 0.324 e. The number of aromatic nitrogens is 2. The molecule has 3 aromatic rings. The SMILES string of the molecule is Cc1c(NC(=O)c2ccc3c(c2)NC(=O)[C@@H](C)S3)cnn1-c1ccccc1F. The van der Waals surface area contributed by atoms with E-state index in [1.54, 1.807) is 37.3 Å². The number of fused-ring (bicyclic) bond motifs is 1. The highest BCUT2D eigenvalue weighted by atomic mass is 32.2. The molecule has 1 aliphatic rings. The van der Waals surface area contributed by atoms with Gasteiger partial charge in [-0.25, -0.2) is 9.07 Å². The van der Waals surface area contributed by atoms with Gasteiger partial charge in [0.1, 0.15) is 11.5 Å². The summed E-state index contributed by atoms with van der Waals surface area (Å²) < 4.78 is 15.5. The van der Waals surface area contributed by atoms with Gasteiger partial charge in [0.2, 0.25) is 5.91 Å². The summed E-state index contributed by atoms with van der Waals surface area (Å²) in [5, 5.41) is 9.63. The van der Waals surface area contributed by atoms with Gasteiger partial charge < -0.3 is 10.6 Å². The van der Waals surface area contributed by atoms with Gasteiger partial charge in [-0.2, -0.15) is 5.10 Å². The lowest BCUT2D eigenvalue weighted by Gasteiger charge is -2.21. The van der Waals surface area contributed by atoms with Crippen LogP contribution in [0.25, 0.3) is 5.69 Å². The van der Waals surface area contributed by atoms with Gasteiger partial charge in [-0.15, -0.1) is 11.8 Å². The molecule has 0 fully saturated rings. The molecule has 0 unspecified atom stereocenters. The molecule has 1 aliphatic heterocycles. The van der Waals surface area contributed by atoms with E-state index in [4.69, 9.17) is 0 Å². The zero-order valence-electron chi connectivity index (χ0n) is 15.2. The Morgan fingerprint density at radius 2 is 2.07 bits per heavy atom. The third-order valence-corrected chi connectivity index (χ3v) is 5.69. The number of amides is 2. The zero-order chi connectivity index (χ0) is 19.8. The van der Waals surface area contributed by atoms with Crippen molar-refractivity contribution in [1.82, 2.24) is 9.78 Å². The molecule has 142 valence electrons. The molecule has 2 amide bonds. The first-order valence-electron chi connectivity index (χ1n) is 8.66. The monoisotopic (exact) mass is 396 g/mol. The molecule has 0 bridgehead atoms. The van der Waals surface area contributed by atoms with E-state index in [1.165, 1.54) is 28.7 Å². The number of hydrogen-bond donors (Lipinski definition) is 2. The lowest BCUT2D eigenvalue weighted by Crippen LogP contribution is -2.26. The van der Waals surface area contributed by atoms with Crippen molar-refractivity contribution in [2.45, 2.75) is 24.0 Å². The number of benzene rings is 2. The predicted octanol–water partition coefficient (Wildman–Crippen LogP) is 4.00. The molecule has 2 heterocycles. The Morgan fingerprint density at radius 1 is 1.29 bits per heavy atom.